The van der Waals surface area contributed by atoms with Crippen molar-refractivity contribution in [2.75, 3.05) is 0 Å². The largest absolute Gasteiger partial charge is 0.325 e. The molecule has 2 aromatic rings. The summed E-state index contributed by atoms with van der Waals surface area (Å²) in [6.07, 6.45) is 21.4. The minimum absolute atomic E-state index is 0.546. The van der Waals surface area contributed by atoms with Crippen LogP contribution in [0.3, 0.4) is 0 Å². The molecule has 0 spiro atoms. The average molecular weight is 331 g/mol. The van der Waals surface area contributed by atoms with Gasteiger partial charge in [0.05, 0.1) is 12.5 Å². The summed E-state index contributed by atoms with van der Waals surface area (Å²) in [6.45, 7) is 4.55. The van der Waals surface area contributed by atoms with Crippen molar-refractivity contribution in [1.82, 2.24) is 19.5 Å². The van der Waals surface area contributed by atoms with Crippen molar-refractivity contribution in [1.29, 1.82) is 0 Å². The van der Waals surface area contributed by atoms with Crippen molar-refractivity contribution in [3.63, 3.8) is 0 Å². The van der Waals surface area contributed by atoms with Crippen molar-refractivity contribution in [3.05, 3.63) is 18.9 Å². The van der Waals surface area contributed by atoms with Gasteiger partial charge in [0.25, 0.3) is 0 Å². The molecule has 0 saturated heterocycles. The smallest absolute Gasteiger partial charge is 0.180 e. The molecule has 0 atom stereocenters. The van der Waals surface area contributed by atoms with Gasteiger partial charge in [-0.1, -0.05) is 78.1 Å². The summed E-state index contributed by atoms with van der Waals surface area (Å²) in [5.41, 5.74) is 1.91. The molecule has 4 nitrogen and oxygen atoms in total. The topological polar surface area (TPSA) is 43.6 Å². The number of unbranched alkanes of at least 4 members (excludes halogenated alkanes) is 8. The zero-order chi connectivity index (χ0) is 17.0. The molecule has 2 aromatic heterocycles. The summed E-state index contributed by atoms with van der Waals surface area (Å²) in [6, 6.07) is 0.546. The van der Waals surface area contributed by atoms with Crippen LogP contribution in [-0.2, 0) is 0 Å². The van der Waals surface area contributed by atoms with Crippen LogP contribution in [-0.4, -0.2) is 19.5 Å². The van der Waals surface area contributed by atoms with Gasteiger partial charge in [0.15, 0.2) is 5.65 Å². The summed E-state index contributed by atoms with van der Waals surface area (Å²) in [5.74, 6) is 0. The Kier molecular flexibility index (Phi) is 8.78. The number of imidazole rings is 1. The standard InChI is InChI=1S/C20H34N4/c1-3-5-7-9-11-13-18(14-12-10-8-6-4-2)24-17-23-20-19(24)15-21-16-22-20/h15-18H,3-14H2,1-2H3. The molecule has 0 aliphatic rings. The zero-order valence-electron chi connectivity index (χ0n) is 15.6. The Labute approximate surface area is 147 Å². The van der Waals surface area contributed by atoms with E-state index >= 15 is 0 Å². The monoisotopic (exact) mass is 330 g/mol. The van der Waals surface area contributed by atoms with Crippen LogP contribution in [0.2, 0.25) is 0 Å². The lowest BCUT2D eigenvalue weighted by Gasteiger charge is -2.19. The molecule has 4 heteroatoms. The molecular formula is C20H34N4. The van der Waals surface area contributed by atoms with E-state index in [9.17, 15) is 0 Å². The first-order chi connectivity index (χ1) is 11.9. The van der Waals surface area contributed by atoms with Crippen LogP contribution < -0.4 is 0 Å². The van der Waals surface area contributed by atoms with Crippen LogP contribution in [0.5, 0.6) is 0 Å². The fraction of sp³-hybridized carbons (Fsp3) is 0.750. The fourth-order valence-electron chi connectivity index (χ4n) is 3.46. The lowest BCUT2D eigenvalue weighted by atomic mass is 10.00. The van der Waals surface area contributed by atoms with E-state index in [-0.39, 0.29) is 0 Å². The van der Waals surface area contributed by atoms with Crippen LogP contribution in [0, 0.1) is 0 Å². The first-order valence-corrected chi connectivity index (χ1v) is 9.99. The number of nitrogens with zero attached hydrogens (tertiary/aromatic N) is 4. The average Bonchev–Trinajstić information content (AvgIpc) is 3.03. The quantitative estimate of drug-likeness (QED) is 0.417. The van der Waals surface area contributed by atoms with Gasteiger partial charge in [0.1, 0.15) is 11.8 Å². The molecule has 0 amide bonds. The van der Waals surface area contributed by atoms with Crippen molar-refractivity contribution < 1.29 is 0 Å². The van der Waals surface area contributed by atoms with Crippen LogP contribution in [0.4, 0.5) is 0 Å². The van der Waals surface area contributed by atoms with Crippen LogP contribution in [0.15, 0.2) is 18.9 Å². The second-order valence-electron chi connectivity index (χ2n) is 6.94. The SMILES string of the molecule is CCCCCCCC(CCCCCCC)n1cnc2ncncc21. The number of rotatable bonds is 13. The molecule has 0 aromatic carbocycles. The molecular weight excluding hydrogens is 296 g/mol. The van der Waals surface area contributed by atoms with Crippen molar-refractivity contribution in [2.24, 2.45) is 0 Å². The van der Waals surface area contributed by atoms with Crippen LogP contribution in [0.1, 0.15) is 96.9 Å². The molecule has 2 heterocycles. The molecule has 0 bridgehead atoms. The minimum Gasteiger partial charge on any atom is -0.325 e. The van der Waals surface area contributed by atoms with Gasteiger partial charge in [-0.15, -0.1) is 0 Å². The number of hydrogen-bond donors (Lipinski definition) is 0. The highest BCUT2D eigenvalue weighted by Gasteiger charge is 2.14. The summed E-state index contributed by atoms with van der Waals surface area (Å²) >= 11 is 0. The molecule has 0 unspecified atom stereocenters. The van der Waals surface area contributed by atoms with Gasteiger partial charge in [-0.05, 0) is 12.8 Å². The molecule has 0 fully saturated rings. The lowest BCUT2D eigenvalue weighted by molar-refractivity contribution is 0.402. The highest BCUT2D eigenvalue weighted by molar-refractivity contribution is 5.69. The number of aromatic nitrogens is 4. The van der Waals surface area contributed by atoms with E-state index in [2.05, 4.69) is 33.4 Å². The Morgan fingerprint density at radius 3 is 2.08 bits per heavy atom. The van der Waals surface area contributed by atoms with Gasteiger partial charge < -0.3 is 4.57 Å². The highest BCUT2D eigenvalue weighted by atomic mass is 15.1. The number of fused-ring (bicyclic) bond motifs is 1. The normalized spacial score (nSPS) is 11.6. The predicted molar refractivity (Wildman–Crippen MR) is 101 cm³/mol. The van der Waals surface area contributed by atoms with Gasteiger partial charge in [0.2, 0.25) is 0 Å². The summed E-state index contributed by atoms with van der Waals surface area (Å²) in [5, 5.41) is 0. The van der Waals surface area contributed by atoms with Crippen molar-refractivity contribution >= 4 is 11.2 Å². The first kappa shape index (κ1) is 18.9. The van der Waals surface area contributed by atoms with Gasteiger partial charge in [0, 0.05) is 6.04 Å². The minimum atomic E-state index is 0.546. The van der Waals surface area contributed by atoms with Gasteiger partial charge in [-0.25, -0.2) is 15.0 Å². The fourth-order valence-corrected chi connectivity index (χ4v) is 3.46. The van der Waals surface area contributed by atoms with E-state index in [4.69, 9.17) is 0 Å². The van der Waals surface area contributed by atoms with E-state index in [1.54, 1.807) is 6.33 Å². The number of hydrogen-bond acceptors (Lipinski definition) is 3. The van der Waals surface area contributed by atoms with E-state index in [1.807, 2.05) is 12.5 Å². The lowest BCUT2D eigenvalue weighted by Crippen LogP contribution is -2.08. The Morgan fingerprint density at radius 1 is 0.833 bits per heavy atom. The maximum atomic E-state index is 4.47. The van der Waals surface area contributed by atoms with E-state index < -0.39 is 0 Å². The predicted octanol–water partition coefficient (Wildman–Crippen LogP) is 6.09. The maximum absolute atomic E-state index is 4.47. The molecule has 0 aliphatic heterocycles. The van der Waals surface area contributed by atoms with Crippen molar-refractivity contribution in [3.8, 4) is 0 Å². The highest BCUT2D eigenvalue weighted by Crippen LogP contribution is 2.26. The second kappa shape index (κ2) is 11.2. The van der Waals surface area contributed by atoms with E-state index in [0.29, 0.717) is 6.04 Å². The molecule has 24 heavy (non-hydrogen) atoms. The van der Waals surface area contributed by atoms with Crippen molar-refractivity contribution in [2.45, 2.75) is 96.9 Å². The Bertz CT molecular complexity index is 550. The molecule has 0 N–H and O–H groups in total. The Hall–Kier alpha value is -1.45. The Morgan fingerprint density at radius 2 is 1.46 bits per heavy atom. The summed E-state index contributed by atoms with van der Waals surface area (Å²) in [7, 11) is 0. The molecule has 0 saturated carbocycles. The third-order valence-electron chi connectivity index (χ3n) is 4.93. The van der Waals surface area contributed by atoms with Gasteiger partial charge in [-0.3, -0.25) is 0 Å². The zero-order valence-corrected chi connectivity index (χ0v) is 15.6. The van der Waals surface area contributed by atoms with Gasteiger partial charge >= 0.3 is 0 Å². The van der Waals surface area contributed by atoms with E-state index in [1.165, 1.54) is 77.0 Å². The van der Waals surface area contributed by atoms with E-state index in [0.717, 1.165) is 11.2 Å². The van der Waals surface area contributed by atoms with Crippen LogP contribution >= 0.6 is 0 Å². The molecule has 0 aliphatic carbocycles. The Balaban J connectivity index is 1.93. The third kappa shape index (κ3) is 5.88. The molecule has 2 rings (SSSR count). The van der Waals surface area contributed by atoms with Crippen LogP contribution in [0.25, 0.3) is 11.2 Å². The molecule has 134 valence electrons. The first-order valence-electron chi connectivity index (χ1n) is 9.99. The van der Waals surface area contributed by atoms with Gasteiger partial charge in [-0.2, -0.15) is 0 Å². The molecule has 0 radical (unpaired) electrons. The summed E-state index contributed by atoms with van der Waals surface area (Å²) in [4.78, 5) is 12.9. The second-order valence-corrected chi connectivity index (χ2v) is 6.94. The third-order valence-corrected chi connectivity index (χ3v) is 4.93. The maximum Gasteiger partial charge on any atom is 0.180 e. The summed E-state index contributed by atoms with van der Waals surface area (Å²) < 4.78 is 2.33.